The van der Waals surface area contributed by atoms with E-state index in [-0.39, 0.29) is 0 Å². The van der Waals surface area contributed by atoms with E-state index in [9.17, 15) is 0 Å². The largest absolute Gasteiger partial charge is 0.489 e. The molecule has 0 radical (unpaired) electrons. The second-order valence-corrected chi connectivity index (χ2v) is 6.41. The SMILES string of the molecule is Clc1cccc(OCC2=CC3(CCCC3)CCC2)c1. The van der Waals surface area contributed by atoms with Gasteiger partial charge in [0.05, 0.1) is 0 Å². The molecule has 3 rings (SSSR count). The lowest BCUT2D eigenvalue weighted by atomic mass is 9.75. The lowest BCUT2D eigenvalue weighted by molar-refractivity contribution is 0.300. The summed E-state index contributed by atoms with van der Waals surface area (Å²) in [6.45, 7) is 0.724. The van der Waals surface area contributed by atoms with Gasteiger partial charge in [0.1, 0.15) is 12.4 Å². The standard InChI is InChI=1S/C17H21ClO/c18-15-6-3-7-16(11-15)19-13-14-5-4-10-17(12-14)8-1-2-9-17/h3,6-7,11-12H,1-2,4-5,8-10,13H2. The highest BCUT2D eigenvalue weighted by Crippen LogP contribution is 2.47. The van der Waals surface area contributed by atoms with E-state index in [2.05, 4.69) is 6.08 Å². The molecule has 1 fully saturated rings. The molecular formula is C17H21ClO. The molecule has 0 aliphatic heterocycles. The van der Waals surface area contributed by atoms with Gasteiger partial charge >= 0.3 is 0 Å². The molecule has 1 aromatic carbocycles. The molecule has 0 saturated heterocycles. The molecule has 2 aliphatic rings. The van der Waals surface area contributed by atoms with Gasteiger partial charge in [-0.25, -0.2) is 0 Å². The molecule has 0 N–H and O–H groups in total. The number of benzene rings is 1. The van der Waals surface area contributed by atoms with Crippen LogP contribution in [0.25, 0.3) is 0 Å². The summed E-state index contributed by atoms with van der Waals surface area (Å²) in [7, 11) is 0. The lowest BCUT2D eigenvalue weighted by Gasteiger charge is -2.31. The molecule has 19 heavy (non-hydrogen) atoms. The second kappa shape index (κ2) is 5.58. The maximum atomic E-state index is 5.97. The van der Waals surface area contributed by atoms with Gasteiger partial charge in [-0.15, -0.1) is 0 Å². The van der Waals surface area contributed by atoms with Crippen LogP contribution in [0, 0.1) is 5.41 Å². The number of halogens is 1. The maximum absolute atomic E-state index is 5.97. The highest BCUT2D eigenvalue weighted by molar-refractivity contribution is 6.30. The molecule has 1 saturated carbocycles. The van der Waals surface area contributed by atoms with Gasteiger partial charge in [0.25, 0.3) is 0 Å². The minimum atomic E-state index is 0.519. The highest BCUT2D eigenvalue weighted by atomic mass is 35.5. The van der Waals surface area contributed by atoms with Crippen LogP contribution in [0.5, 0.6) is 5.75 Å². The third-order valence-corrected chi connectivity index (χ3v) is 4.74. The fraction of sp³-hybridized carbons (Fsp3) is 0.529. The van der Waals surface area contributed by atoms with Gasteiger partial charge < -0.3 is 4.74 Å². The molecule has 102 valence electrons. The van der Waals surface area contributed by atoms with Crippen LogP contribution in [0.15, 0.2) is 35.9 Å². The van der Waals surface area contributed by atoms with Crippen LogP contribution in [0.3, 0.4) is 0 Å². The summed E-state index contributed by atoms with van der Waals surface area (Å²) in [6.07, 6.45) is 12.0. The quantitative estimate of drug-likeness (QED) is 0.673. The van der Waals surface area contributed by atoms with Crippen molar-refractivity contribution in [3.63, 3.8) is 0 Å². The molecule has 0 amide bonds. The number of allylic oxidation sites excluding steroid dienone is 1. The molecule has 2 aliphatic carbocycles. The molecule has 1 nitrogen and oxygen atoms in total. The molecule has 2 heteroatoms. The lowest BCUT2D eigenvalue weighted by Crippen LogP contribution is -2.19. The van der Waals surface area contributed by atoms with Crippen LogP contribution in [0.1, 0.15) is 44.9 Å². The molecule has 0 aromatic heterocycles. The zero-order valence-corrected chi connectivity index (χ0v) is 12.1. The van der Waals surface area contributed by atoms with Crippen molar-refractivity contribution >= 4 is 11.6 Å². The van der Waals surface area contributed by atoms with Gasteiger partial charge in [0, 0.05) is 5.02 Å². The Labute approximate surface area is 120 Å². The van der Waals surface area contributed by atoms with E-state index in [1.807, 2.05) is 24.3 Å². The van der Waals surface area contributed by atoms with Crippen LogP contribution >= 0.6 is 11.6 Å². The second-order valence-electron chi connectivity index (χ2n) is 5.97. The first-order valence-corrected chi connectivity index (χ1v) is 7.73. The van der Waals surface area contributed by atoms with Crippen LogP contribution in [0.4, 0.5) is 0 Å². The Morgan fingerprint density at radius 2 is 1.89 bits per heavy atom. The van der Waals surface area contributed by atoms with Crippen LogP contribution in [-0.2, 0) is 0 Å². The van der Waals surface area contributed by atoms with E-state index in [0.29, 0.717) is 5.41 Å². The van der Waals surface area contributed by atoms with Gasteiger partial charge in [-0.1, -0.05) is 36.6 Å². The first-order valence-electron chi connectivity index (χ1n) is 7.35. The van der Waals surface area contributed by atoms with Gasteiger partial charge in [-0.05, 0) is 61.3 Å². The van der Waals surface area contributed by atoms with Crippen molar-refractivity contribution in [3.8, 4) is 5.75 Å². The maximum Gasteiger partial charge on any atom is 0.121 e. The molecule has 0 bridgehead atoms. The summed E-state index contributed by atoms with van der Waals surface area (Å²) in [5.74, 6) is 0.874. The summed E-state index contributed by atoms with van der Waals surface area (Å²) < 4.78 is 5.88. The summed E-state index contributed by atoms with van der Waals surface area (Å²) in [5.41, 5.74) is 2.00. The first-order chi connectivity index (χ1) is 9.26. The fourth-order valence-electron chi connectivity index (χ4n) is 3.56. The van der Waals surface area contributed by atoms with Gasteiger partial charge in [0.15, 0.2) is 0 Å². The summed E-state index contributed by atoms with van der Waals surface area (Å²) in [5, 5.41) is 0.738. The first kappa shape index (κ1) is 13.1. The minimum absolute atomic E-state index is 0.519. The van der Waals surface area contributed by atoms with Gasteiger partial charge in [0.2, 0.25) is 0 Å². The van der Waals surface area contributed by atoms with Crippen molar-refractivity contribution in [2.24, 2.45) is 5.41 Å². The van der Waals surface area contributed by atoms with E-state index in [1.165, 1.54) is 50.5 Å². The van der Waals surface area contributed by atoms with Gasteiger partial charge in [-0.2, -0.15) is 0 Å². The molecule has 0 atom stereocenters. The van der Waals surface area contributed by atoms with Gasteiger partial charge in [-0.3, -0.25) is 0 Å². The predicted molar refractivity (Wildman–Crippen MR) is 79.8 cm³/mol. The van der Waals surface area contributed by atoms with Crippen molar-refractivity contribution in [2.75, 3.05) is 6.61 Å². The number of hydrogen-bond acceptors (Lipinski definition) is 1. The highest BCUT2D eigenvalue weighted by Gasteiger charge is 2.33. The van der Waals surface area contributed by atoms with Crippen molar-refractivity contribution in [3.05, 3.63) is 40.9 Å². The zero-order valence-electron chi connectivity index (χ0n) is 11.3. The third kappa shape index (κ3) is 3.14. The fourth-order valence-corrected chi connectivity index (χ4v) is 3.75. The summed E-state index contributed by atoms with van der Waals surface area (Å²) in [6, 6.07) is 7.67. The molecule has 1 aromatic rings. The van der Waals surface area contributed by atoms with E-state index in [1.54, 1.807) is 0 Å². The Kier molecular flexibility index (Phi) is 3.83. The summed E-state index contributed by atoms with van der Waals surface area (Å²) in [4.78, 5) is 0. The number of hydrogen-bond donors (Lipinski definition) is 0. The molecule has 1 spiro atoms. The minimum Gasteiger partial charge on any atom is -0.489 e. The van der Waals surface area contributed by atoms with Crippen LogP contribution in [-0.4, -0.2) is 6.61 Å². The van der Waals surface area contributed by atoms with Crippen molar-refractivity contribution in [1.82, 2.24) is 0 Å². The molecular weight excluding hydrogens is 256 g/mol. The molecule has 0 heterocycles. The van der Waals surface area contributed by atoms with E-state index < -0.39 is 0 Å². The number of rotatable bonds is 3. The topological polar surface area (TPSA) is 9.23 Å². The normalized spacial score (nSPS) is 21.4. The van der Waals surface area contributed by atoms with E-state index in [0.717, 1.165) is 17.4 Å². The van der Waals surface area contributed by atoms with Crippen molar-refractivity contribution in [1.29, 1.82) is 0 Å². The predicted octanol–water partition coefficient (Wildman–Crippen LogP) is 5.39. The Bertz CT molecular complexity index is 472. The zero-order chi connectivity index (χ0) is 13.1. The van der Waals surface area contributed by atoms with Crippen LogP contribution < -0.4 is 4.74 Å². The van der Waals surface area contributed by atoms with E-state index >= 15 is 0 Å². The Morgan fingerprint density at radius 1 is 1.11 bits per heavy atom. The van der Waals surface area contributed by atoms with Crippen molar-refractivity contribution in [2.45, 2.75) is 44.9 Å². The monoisotopic (exact) mass is 276 g/mol. The van der Waals surface area contributed by atoms with E-state index in [4.69, 9.17) is 16.3 Å². The summed E-state index contributed by atoms with van der Waals surface area (Å²) >= 11 is 5.97. The molecule has 0 unspecified atom stereocenters. The Hall–Kier alpha value is -0.950. The van der Waals surface area contributed by atoms with Crippen molar-refractivity contribution < 1.29 is 4.74 Å². The Morgan fingerprint density at radius 3 is 2.68 bits per heavy atom. The average molecular weight is 277 g/mol. The average Bonchev–Trinajstić information content (AvgIpc) is 2.85. The smallest absolute Gasteiger partial charge is 0.121 e. The third-order valence-electron chi connectivity index (χ3n) is 4.50. The number of ether oxygens (including phenoxy) is 1. The van der Waals surface area contributed by atoms with Crippen LogP contribution in [0.2, 0.25) is 5.02 Å². The Balaban J connectivity index is 1.64.